The Kier molecular flexibility index (Phi) is 6.53. The van der Waals surface area contributed by atoms with Crippen LogP contribution in [0.25, 0.3) is 0 Å². The zero-order valence-electron chi connectivity index (χ0n) is 15.5. The van der Waals surface area contributed by atoms with Crippen molar-refractivity contribution < 1.29 is 29.3 Å². The number of carbonyl (C=O) groups is 2. The molecule has 0 aliphatic heterocycles. The zero-order chi connectivity index (χ0) is 19.9. The largest absolute Gasteiger partial charge is 0.493 e. The fraction of sp³-hybridized carbons (Fsp3) is 0.364. The molecule has 148 valence electrons. The van der Waals surface area contributed by atoms with Gasteiger partial charge in [0.25, 0.3) is 0 Å². The van der Waals surface area contributed by atoms with Crippen LogP contribution in [0.15, 0.2) is 48.5 Å². The SMILES string of the molecule is O=C(O)c1ccc(OCC2CCC(COc3ccc(C(=O)O)cc3)CC2)cc1. The van der Waals surface area contributed by atoms with Gasteiger partial charge in [0, 0.05) is 0 Å². The van der Waals surface area contributed by atoms with Crippen LogP contribution < -0.4 is 9.47 Å². The van der Waals surface area contributed by atoms with E-state index in [1.165, 1.54) is 0 Å². The average Bonchev–Trinajstić information content (AvgIpc) is 2.72. The van der Waals surface area contributed by atoms with Crippen molar-refractivity contribution in [3.8, 4) is 11.5 Å². The molecular formula is C22H24O6. The van der Waals surface area contributed by atoms with E-state index in [0.29, 0.717) is 36.5 Å². The van der Waals surface area contributed by atoms with Crippen LogP contribution in [-0.4, -0.2) is 35.4 Å². The normalized spacial score (nSPS) is 19.0. The molecule has 3 rings (SSSR count). The monoisotopic (exact) mass is 384 g/mol. The Bertz CT molecular complexity index is 719. The molecule has 0 unspecified atom stereocenters. The summed E-state index contributed by atoms with van der Waals surface area (Å²) in [5, 5.41) is 17.8. The van der Waals surface area contributed by atoms with Crippen LogP contribution >= 0.6 is 0 Å². The molecular weight excluding hydrogens is 360 g/mol. The van der Waals surface area contributed by atoms with E-state index in [-0.39, 0.29) is 11.1 Å². The lowest BCUT2D eigenvalue weighted by atomic mass is 9.83. The zero-order valence-corrected chi connectivity index (χ0v) is 15.5. The van der Waals surface area contributed by atoms with Gasteiger partial charge in [0.05, 0.1) is 24.3 Å². The molecule has 1 aliphatic rings. The molecule has 0 heterocycles. The topological polar surface area (TPSA) is 93.1 Å². The maximum Gasteiger partial charge on any atom is 0.335 e. The van der Waals surface area contributed by atoms with E-state index in [1.54, 1.807) is 48.5 Å². The summed E-state index contributed by atoms with van der Waals surface area (Å²) in [6.45, 7) is 1.27. The molecule has 6 heteroatoms. The lowest BCUT2D eigenvalue weighted by Gasteiger charge is -2.28. The summed E-state index contributed by atoms with van der Waals surface area (Å²) < 4.78 is 11.6. The Balaban J connectivity index is 1.37. The summed E-state index contributed by atoms with van der Waals surface area (Å²) in [4.78, 5) is 21.7. The van der Waals surface area contributed by atoms with Gasteiger partial charge in [-0.1, -0.05) is 0 Å². The molecule has 0 radical (unpaired) electrons. The Morgan fingerprint density at radius 3 is 1.29 bits per heavy atom. The molecule has 28 heavy (non-hydrogen) atoms. The Labute approximate surface area is 163 Å². The number of aromatic carboxylic acids is 2. The minimum atomic E-state index is -0.940. The molecule has 0 amide bonds. The van der Waals surface area contributed by atoms with Gasteiger partial charge in [-0.05, 0) is 86.1 Å². The van der Waals surface area contributed by atoms with Gasteiger partial charge >= 0.3 is 11.9 Å². The standard InChI is InChI=1S/C22H24O6/c23-21(24)17-5-9-19(10-6-17)27-13-15-1-2-16(4-3-15)14-28-20-11-7-18(8-12-20)22(25)26/h5-12,15-16H,1-4,13-14H2,(H,23,24)(H,25,26). The molecule has 1 fully saturated rings. The second-order valence-electron chi connectivity index (χ2n) is 7.17. The van der Waals surface area contributed by atoms with Crippen molar-refractivity contribution in [1.29, 1.82) is 0 Å². The fourth-order valence-corrected chi connectivity index (χ4v) is 3.38. The molecule has 0 spiro atoms. The number of rotatable bonds is 8. The lowest BCUT2D eigenvalue weighted by molar-refractivity contribution is 0.0686. The van der Waals surface area contributed by atoms with Crippen LogP contribution in [0.5, 0.6) is 11.5 Å². The van der Waals surface area contributed by atoms with Gasteiger partial charge in [0.1, 0.15) is 11.5 Å². The average molecular weight is 384 g/mol. The quantitative estimate of drug-likeness (QED) is 0.703. The van der Waals surface area contributed by atoms with Gasteiger partial charge in [-0.2, -0.15) is 0 Å². The molecule has 1 saturated carbocycles. The summed E-state index contributed by atoms with van der Waals surface area (Å²) in [7, 11) is 0. The first-order valence-electron chi connectivity index (χ1n) is 9.43. The second-order valence-corrected chi connectivity index (χ2v) is 7.17. The summed E-state index contributed by atoms with van der Waals surface area (Å²) in [5.74, 6) is 0.492. The second kappa shape index (κ2) is 9.26. The van der Waals surface area contributed by atoms with Crippen molar-refractivity contribution in [2.45, 2.75) is 25.7 Å². The third-order valence-electron chi connectivity index (χ3n) is 5.14. The van der Waals surface area contributed by atoms with Crippen LogP contribution in [0, 0.1) is 11.8 Å². The molecule has 6 nitrogen and oxygen atoms in total. The highest BCUT2D eigenvalue weighted by Crippen LogP contribution is 2.30. The predicted octanol–water partition coefficient (Wildman–Crippen LogP) is 4.35. The number of carboxylic acids is 2. The first-order chi connectivity index (χ1) is 13.5. The van der Waals surface area contributed by atoms with E-state index in [0.717, 1.165) is 25.7 Å². The highest BCUT2D eigenvalue weighted by Gasteiger charge is 2.22. The van der Waals surface area contributed by atoms with E-state index < -0.39 is 11.9 Å². The van der Waals surface area contributed by atoms with E-state index in [2.05, 4.69) is 0 Å². The van der Waals surface area contributed by atoms with Crippen molar-refractivity contribution in [1.82, 2.24) is 0 Å². The highest BCUT2D eigenvalue weighted by atomic mass is 16.5. The van der Waals surface area contributed by atoms with Crippen LogP contribution in [-0.2, 0) is 0 Å². The van der Waals surface area contributed by atoms with E-state index in [1.807, 2.05) is 0 Å². The number of ether oxygens (including phenoxy) is 2. The molecule has 1 aliphatic carbocycles. The van der Waals surface area contributed by atoms with Crippen molar-refractivity contribution in [2.75, 3.05) is 13.2 Å². The van der Waals surface area contributed by atoms with Crippen LogP contribution in [0.1, 0.15) is 46.4 Å². The molecule has 0 saturated heterocycles. The predicted molar refractivity (Wildman–Crippen MR) is 103 cm³/mol. The fourth-order valence-electron chi connectivity index (χ4n) is 3.38. The summed E-state index contributed by atoms with van der Waals surface area (Å²) in [6.07, 6.45) is 4.27. The van der Waals surface area contributed by atoms with E-state index in [4.69, 9.17) is 19.7 Å². The molecule has 2 aromatic rings. The Morgan fingerprint density at radius 2 is 1.00 bits per heavy atom. The maximum absolute atomic E-state index is 10.9. The third kappa shape index (κ3) is 5.49. The van der Waals surface area contributed by atoms with Gasteiger partial charge < -0.3 is 19.7 Å². The van der Waals surface area contributed by atoms with E-state index in [9.17, 15) is 9.59 Å². The van der Waals surface area contributed by atoms with Crippen LogP contribution in [0.4, 0.5) is 0 Å². The third-order valence-corrected chi connectivity index (χ3v) is 5.14. The van der Waals surface area contributed by atoms with Crippen molar-refractivity contribution in [3.05, 3.63) is 59.7 Å². The number of hydrogen-bond acceptors (Lipinski definition) is 4. The van der Waals surface area contributed by atoms with Crippen molar-refractivity contribution in [3.63, 3.8) is 0 Å². The van der Waals surface area contributed by atoms with Crippen LogP contribution in [0.3, 0.4) is 0 Å². The summed E-state index contributed by atoms with van der Waals surface area (Å²) in [6, 6.07) is 13.0. The maximum atomic E-state index is 10.9. The van der Waals surface area contributed by atoms with Crippen molar-refractivity contribution in [2.24, 2.45) is 11.8 Å². The summed E-state index contributed by atoms with van der Waals surface area (Å²) in [5.41, 5.74) is 0.510. The molecule has 0 aromatic heterocycles. The van der Waals surface area contributed by atoms with Crippen LogP contribution in [0.2, 0.25) is 0 Å². The molecule has 2 N–H and O–H groups in total. The minimum Gasteiger partial charge on any atom is -0.493 e. The molecule has 2 aromatic carbocycles. The first kappa shape index (κ1) is 19.7. The molecule has 0 bridgehead atoms. The van der Waals surface area contributed by atoms with Crippen molar-refractivity contribution >= 4 is 11.9 Å². The van der Waals surface area contributed by atoms with Gasteiger partial charge in [0.15, 0.2) is 0 Å². The molecule has 0 atom stereocenters. The first-order valence-corrected chi connectivity index (χ1v) is 9.43. The van der Waals surface area contributed by atoms with Gasteiger partial charge in [-0.25, -0.2) is 9.59 Å². The minimum absolute atomic E-state index is 0.255. The number of benzene rings is 2. The Morgan fingerprint density at radius 1 is 0.679 bits per heavy atom. The van der Waals surface area contributed by atoms with Gasteiger partial charge in [0.2, 0.25) is 0 Å². The lowest BCUT2D eigenvalue weighted by Crippen LogP contribution is -2.23. The van der Waals surface area contributed by atoms with Gasteiger partial charge in [-0.15, -0.1) is 0 Å². The summed E-state index contributed by atoms with van der Waals surface area (Å²) >= 11 is 0. The smallest absolute Gasteiger partial charge is 0.335 e. The van der Waals surface area contributed by atoms with Gasteiger partial charge in [-0.3, -0.25) is 0 Å². The number of carboxylic acid groups (broad SMARTS) is 2. The highest BCUT2D eigenvalue weighted by molar-refractivity contribution is 5.88. The van der Waals surface area contributed by atoms with E-state index >= 15 is 0 Å². The Hall–Kier alpha value is -3.02. The number of hydrogen-bond donors (Lipinski definition) is 2.